The van der Waals surface area contributed by atoms with Crippen LogP contribution in [0.15, 0.2) is 48.7 Å². The number of ether oxygens (including phenoxy) is 3. The lowest BCUT2D eigenvalue weighted by Gasteiger charge is -2.50. The molecule has 2 aromatic carbocycles. The molecule has 5 aliphatic rings. The van der Waals surface area contributed by atoms with E-state index < -0.39 is 0 Å². The van der Waals surface area contributed by atoms with E-state index >= 15 is 0 Å². The van der Waals surface area contributed by atoms with E-state index in [9.17, 15) is 9.59 Å². The minimum absolute atomic E-state index is 0.0345. The summed E-state index contributed by atoms with van der Waals surface area (Å²) in [6.07, 6.45) is 4.80. The second kappa shape index (κ2) is 12.3. The van der Waals surface area contributed by atoms with Crippen molar-refractivity contribution in [2.45, 2.75) is 63.2 Å². The third kappa shape index (κ3) is 5.38. The summed E-state index contributed by atoms with van der Waals surface area (Å²) >= 11 is 0. The standard InChI is InChI=1S/C40H43N7O5/c1-23-25(7-5-9-27(23)29-15-33-36(38(42-29)51-4)32(18-52-33)47-21-40(22-47)14-12-35(49)45-40)26-8-6-10-28(24(26)2)30-16-41-31(37(43-30)50-3)17-46-19-39(20-46)13-11-34(48)44-39/h5-10,15-16,32H,11-14,17-22H2,1-4H3,(H,44,48)(H,45,49)/t32-/m0/s1. The minimum atomic E-state index is -0.107. The fourth-order valence-corrected chi connectivity index (χ4v) is 9.08. The van der Waals surface area contributed by atoms with Crippen molar-refractivity contribution in [3.8, 4) is 51.2 Å². The van der Waals surface area contributed by atoms with E-state index in [0.29, 0.717) is 37.8 Å². The highest BCUT2D eigenvalue weighted by Crippen LogP contribution is 2.48. The van der Waals surface area contributed by atoms with Crippen molar-refractivity contribution in [3.63, 3.8) is 0 Å². The number of fused-ring (bicyclic) bond motifs is 1. The van der Waals surface area contributed by atoms with E-state index in [4.69, 9.17) is 29.2 Å². The Balaban J connectivity index is 0.973. The fourth-order valence-electron chi connectivity index (χ4n) is 9.08. The van der Waals surface area contributed by atoms with E-state index in [1.54, 1.807) is 14.2 Å². The second-order valence-corrected chi connectivity index (χ2v) is 15.1. The number of amides is 2. The summed E-state index contributed by atoms with van der Waals surface area (Å²) in [5, 5.41) is 6.32. The Morgan fingerprint density at radius 2 is 1.38 bits per heavy atom. The lowest BCUT2D eigenvalue weighted by Crippen LogP contribution is -2.67. The molecule has 2 amide bonds. The predicted octanol–water partition coefficient (Wildman–Crippen LogP) is 4.37. The molecule has 0 bridgehead atoms. The zero-order chi connectivity index (χ0) is 35.8. The highest BCUT2D eigenvalue weighted by Gasteiger charge is 2.52. The maximum absolute atomic E-state index is 11.9. The molecule has 5 aliphatic heterocycles. The molecule has 0 unspecified atom stereocenters. The third-order valence-electron chi connectivity index (χ3n) is 11.8. The Morgan fingerprint density at radius 3 is 1.98 bits per heavy atom. The molecule has 0 aliphatic carbocycles. The van der Waals surface area contributed by atoms with E-state index in [2.05, 4.69) is 70.7 Å². The first-order chi connectivity index (χ1) is 25.2. The van der Waals surface area contributed by atoms with Gasteiger partial charge in [-0.15, -0.1) is 0 Å². The summed E-state index contributed by atoms with van der Waals surface area (Å²) in [5.74, 6) is 2.16. The molecular weight excluding hydrogens is 658 g/mol. The van der Waals surface area contributed by atoms with Crippen LogP contribution < -0.4 is 24.8 Å². The van der Waals surface area contributed by atoms with Crippen molar-refractivity contribution in [1.29, 1.82) is 0 Å². The number of pyridine rings is 1. The maximum Gasteiger partial charge on any atom is 0.237 e. The molecule has 268 valence electrons. The van der Waals surface area contributed by atoms with Gasteiger partial charge in [-0.2, -0.15) is 0 Å². The highest BCUT2D eigenvalue weighted by molar-refractivity contribution is 5.83. The van der Waals surface area contributed by atoms with Crippen LogP contribution >= 0.6 is 0 Å². The number of hydrogen-bond donors (Lipinski definition) is 2. The molecule has 52 heavy (non-hydrogen) atoms. The number of nitrogens with one attached hydrogen (secondary N) is 2. The number of likely N-dealkylation sites (tertiary alicyclic amines) is 2. The molecule has 2 N–H and O–H groups in total. The number of aromatic nitrogens is 3. The summed E-state index contributed by atoms with van der Waals surface area (Å²) < 4.78 is 17.9. The molecule has 1 atom stereocenters. The fraction of sp³-hybridized carbons (Fsp3) is 0.425. The van der Waals surface area contributed by atoms with Crippen molar-refractivity contribution in [2.75, 3.05) is 47.0 Å². The number of benzene rings is 2. The van der Waals surface area contributed by atoms with Crippen LogP contribution in [0.1, 0.15) is 54.1 Å². The Hall–Kier alpha value is -5.07. The van der Waals surface area contributed by atoms with E-state index in [0.717, 1.165) is 101 Å². The molecule has 4 fully saturated rings. The van der Waals surface area contributed by atoms with Gasteiger partial charge in [0.15, 0.2) is 0 Å². The smallest absolute Gasteiger partial charge is 0.237 e. The first kappa shape index (κ1) is 32.8. The van der Waals surface area contributed by atoms with Gasteiger partial charge >= 0.3 is 0 Å². The molecule has 7 heterocycles. The molecule has 0 saturated carbocycles. The molecule has 4 saturated heterocycles. The third-order valence-corrected chi connectivity index (χ3v) is 11.8. The average Bonchev–Trinajstić information content (AvgIpc) is 3.84. The van der Waals surface area contributed by atoms with Crippen LogP contribution in [-0.4, -0.2) is 94.6 Å². The molecular formula is C40H43N7O5. The molecule has 12 nitrogen and oxygen atoms in total. The zero-order valence-corrected chi connectivity index (χ0v) is 30.0. The van der Waals surface area contributed by atoms with Gasteiger partial charge in [-0.1, -0.05) is 36.4 Å². The monoisotopic (exact) mass is 701 g/mol. The number of nitrogens with zero attached hydrogens (tertiary/aromatic N) is 5. The number of rotatable bonds is 8. The van der Waals surface area contributed by atoms with Crippen LogP contribution in [0, 0.1) is 13.8 Å². The topological polar surface area (TPSA) is 131 Å². The van der Waals surface area contributed by atoms with Crippen LogP contribution in [0.3, 0.4) is 0 Å². The molecule has 4 aromatic rings. The van der Waals surface area contributed by atoms with Crippen LogP contribution in [0.5, 0.6) is 17.5 Å². The number of hydrogen-bond acceptors (Lipinski definition) is 10. The number of carbonyl (C=O) groups is 2. The number of methoxy groups -OCH3 is 2. The van der Waals surface area contributed by atoms with Gasteiger partial charge in [0.2, 0.25) is 23.6 Å². The van der Waals surface area contributed by atoms with Gasteiger partial charge in [0.1, 0.15) is 18.1 Å². The normalized spacial score (nSPS) is 21.3. The summed E-state index contributed by atoms with van der Waals surface area (Å²) in [5.41, 5.74) is 9.48. The largest absolute Gasteiger partial charge is 0.491 e. The van der Waals surface area contributed by atoms with E-state index in [1.807, 2.05) is 12.3 Å². The molecule has 12 heteroatoms. The van der Waals surface area contributed by atoms with Gasteiger partial charge in [-0.05, 0) is 48.9 Å². The van der Waals surface area contributed by atoms with Crippen molar-refractivity contribution in [1.82, 2.24) is 35.4 Å². The summed E-state index contributed by atoms with van der Waals surface area (Å²) in [7, 11) is 3.30. The summed E-state index contributed by atoms with van der Waals surface area (Å²) in [4.78, 5) is 43.1. The first-order valence-electron chi connectivity index (χ1n) is 18.1. The molecule has 9 rings (SSSR count). The van der Waals surface area contributed by atoms with Crippen LogP contribution in [-0.2, 0) is 16.1 Å². The Bertz CT molecular complexity index is 2120. The van der Waals surface area contributed by atoms with E-state index in [1.165, 1.54) is 0 Å². The lowest BCUT2D eigenvalue weighted by molar-refractivity contribution is -0.121. The van der Waals surface area contributed by atoms with Crippen molar-refractivity contribution in [2.24, 2.45) is 0 Å². The van der Waals surface area contributed by atoms with Crippen LogP contribution in [0.4, 0.5) is 0 Å². The number of carbonyl (C=O) groups excluding carboxylic acids is 2. The quantitative estimate of drug-likeness (QED) is 0.273. The summed E-state index contributed by atoms with van der Waals surface area (Å²) in [6, 6.07) is 14.6. The van der Waals surface area contributed by atoms with Gasteiger partial charge in [-0.3, -0.25) is 24.4 Å². The van der Waals surface area contributed by atoms with Crippen molar-refractivity contribution in [3.05, 3.63) is 71.0 Å². The first-order valence-corrected chi connectivity index (χ1v) is 18.1. The Kier molecular flexibility index (Phi) is 7.74. The van der Waals surface area contributed by atoms with Crippen molar-refractivity contribution < 1.29 is 23.8 Å². The lowest BCUT2D eigenvalue weighted by atomic mass is 9.86. The second-order valence-electron chi connectivity index (χ2n) is 15.1. The zero-order valence-electron chi connectivity index (χ0n) is 30.0. The highest BCUT2D eigenvalue weighted by atomic mass is 16.5. The van der Waals surface area contributed by atoms with Gasteiger partial charge in [-0.25, -0.2) is 9.97 Å². The van der Waals surface area contributed by atoms with Gasteiger partial charge < -0.3 is 24.8 Å². The maximum atomic E-state index is 11.9. The van der Waals surface area contributed by atoms with Gasteiger partial charge in [0.25, 0.3) is 0 Å². The predicted molar refractivity (Wildman–Crippen MR) is 194 cm³/mol. The Labute approximate surface area is 302 Å². The molecule has 0 radical (unpaired) electrons. The minimum Gasteiger partial charge on any atom is -0.491 e. The average molecular weight is 702 g/mol. The summed E-state index contributed by atoms with van der Waals surface area (Å²) in [6.45, 7) is 8.63. The van der Waals surface area contributed by atoms with Gasteiger partial charge in [0.05, 0.1) is 54.5 Å². The van der Waals surface area contributed by atoms with Crippen LogP contribution in [0.2, 0.25) is 0 Å². The SMILES string of the molecule is COc1nc(-c2cccc(-c3cccc(-c4cc5c(c(OC)n4)[C@@H](N4CC6(CCC(=O)N6)C4)CO5)c3C)c2C)cnc1CN1CC2(CCC(=O)N2)C1. The molecule has 2 spiro atoms. The Morgan fingerprint density at radius 1 is 0.808 bits per heavy atom. The van der Waals surface area contributed by atoms with Crippen LogP contribution in [0.25, 0.3) is 33.6 Å². The van der Waals surface area contributed by atoms with E-state index in [-0.39, 0.29) is 28.9 Å². The van der Waals surface area contributed by atoms with Gasteiger partial charge in [0, 0.05) is 62.8 Å². The molecule has 2 aromatic heterocycles. The van der Waals surface area contributed by atoms with Crippen molar-refractivity contribution >= 4 is 11.8 Å².